The van der Waals surface area contributed by atoms with Crippen LogP contribution >= 0.6 is 0 Å². The molecule has 1 aromatic heterocycles. The average Bonchev–Trinajstić information content (AvgIpc) is 2.63. The molecule has 0 spiro atoms. The lowest BCUT2D eigenvalue weighted by atomic mass is 10.1. The van der Waals surface area contributed by atoms with Gasteiger partial charge in [-0.3, -0.25) is 4.68 Å². The van der Waals surface area contributed by atoms with Crippen molar-refractivity contribution in [1.82, 2.24) is 14.8 Å². The van der Waals surface area contributed by atoms with Crippen molar-refractivity contribution in [2.24, 2.45) is 11.7 Å². The lowest BCUT2D eigenvalue weighted by Gasteiger charge is -2.05. The Labute approximate surface area is 71.1 Å². The maximum absolute atomic E-state index is 5.67. The van der Waals surface area contributed by atoms with E-state index in [-0.39, 0.29) is 0 Å². The minimum Gasteiger partial charge on any atom is -0.402 e. The van der Waals surface area contributed by atoms with Gasteiger partial charge >= 0.3 is 0 Å². The molecular weight excluding hydrogens is 152 g/mol. The van der Waals surface area contributed by atoms with Crippen molar-refractivity contribution in [3.05, 3.63) is 24.4 Å². The summed E-state index contributed by atoms with van der Waals surface area (Å²) in [5.41, 5.74) is 6.68. The zero-order chi connectivity index (χ0) is 8.39. The summed E-state index contributed by atoms with van der Waals surface area (Å²) in [5.74, 6) is 0.548. The van der Waals surface area contributed by atoms with Crippen molar-refractivity contribution in [3.63, 3.8) is 0 Å². The molecule has 0 aliphatic heterocycles. The van der Waals surface area contributed by atoms with E-state index in [4.69, 9.17) is 5.73 Å². The molecule has 0 saturated carbocycles. The molecule has 0 fully saturated rings. The highest BCUT2D eigenvalue weighted by Crippen LogP contribution is 2.21. The topological polar surface area (TPSA) is 56.7 Å². The van der Waals surface area contributed by atoms with Gasteiger partial charge in [0.05, 0.1) is 0 Å². The minimum absolute atomic E-state index is 0.548. The van der Waals surface area contributed by atoms with Crippen LogP contribution in [0.25, 0.3) is 0 Å². The SMILES string of the molecule is NC1=C[C@@H](Cn2cncn2)CC1. The number of allylic oxidation sites excluding steroid dienone is 2. The first-order chi connectivity index (χ1) is 5.84. The van der Waals surface area contributed by atoms with Crippen molar-refractivity contribution in [2.75, 3.05) is 0 Å². The smallest absolute Gasteiger partial charge is 0.137 e. The summed E-state index contributed by atoms with van der Waals surface area (Å²) in [6.45, 7) is 0.903. The van der Waals surface area contributed by atoms with Crippen LogP contribution in [0.15, 0.2) is 24.4 Å². The monoisotopic (exact) mass is 164 g/mol. The quantitative estimate of drug-likeness (QED) is 0.693. The molecule has 1 aliphatic carbocycles. The molecule has 0 bridgehead atoms. The van der Waals surface area contributed by atoms with Crippen LogP contribution in [0, 0.1) is 5.92 Å². The van der Waals surface area contributed by atoms with Gasteiger partial charge in [-0.1, -0.05) is 6.08 Å². The minimum atomic E-state index is 0.548. The second-order valence-electron chi connectivity index (χ2n) is 3.16. The highest BCUT2D eigenvalue weighted by Gasteiger charge is 2.13. The standard InChI is InChI=1S/C8H12N4/c9-8-2-1-7(3-8)4-12-6-10-5-11-12/h3,5-7H,1-2,4,9H2/t7-/m0/s1. The van der Waals surface area contributed by atoms with Gasteiger partial charge in [0.25, 0.3) is 0 Å². The molecule has 0 unspecified atom stereocenters. The van der Waals surface area contributed by atoms with Gasteiger partial charge in [0, 0.05) is 12.2 Å². The first-order valence-electron chi connectivity index (χ1n) is 4.13. The van der Waals surface area contributed by atoms with E-state index in [0.717, 1.165) is 25.1 Å². The van der Waals surface area contributed by atoms with Crippen molar-refractivity contribution < 1.29 is 0 Å². The van der Waals surface area contributed by atoms with Crippen LogP contribution in [0.1, 0.15) is 12.8 Å². The Balaban J connectivity index is 1.97. The molecule has 1 aliphatic rings. The second kappa shape index (κ2) is 2.97. The molecule has 2 rings (SSSR count). The highest BCUT2D eigenvalue weighted by atomic mass is 15.3. The molecule has 4 heteroatoms. The fraction of sp³-hybridized carbons (Fsp3) is 0.500. The van der Waals surface area contributed by atoms with Gasteiger partial charge in [-0.2, -0.15) is 5.10 Å². The first-order valence-corrected chi connectivity index (χ1v) is 4.13. The van der Waals surface area contributed by atoms with Crippen molar-refractivity contribution in [3.8, 4) is 0 Å². The van der Waals surface area contributed by atoms with Crippen molar-refractivity contribution in [2.45, 2.75) is 19.4 Å². The lowest BCUT2D eigenvalue weighted by Crippen LogP contribution is -2.06. The summed E-state index contributed by atoms with van der Waals surface area (Å²) in [6, 6.07) is 0. The van der Waals surface area contributed by atoms with Crippen LogP contribution in [-0.2, 0) is 6.54 Å². The summed E-state index contributed by atoms with van der Waals surface area (Å²) in [7, 11) is 0. The van der Waals surface area contributed by atoms with E-state index in [1.807, 2.05) is 4.68 Å². The third-order valence-corrected chi connectivity index (χ3v) is 2.14. The molecular formula is C8H12N4. The van der Waals surface area contributed by atoms with Gasteiger partial charge in [-0.25, -0.2) is 4.98 Å². The van der Waals surface area contributed by atoms with E-state index < -0.39 is 0 Å². The number of hydrogen-bond acceptors (Lipinski definition) is 3. The van der Waals surface area contributed by atoms with Gasteiger partial charge < -0.3 is 5.73 Å². The van der Waals surface area contributed by atoms with Crippen LogP contribution in [-0.4, -0.2) is 14.8 Å². The van der Waals surface area contributed by atoms with Crippen LogP contribution < -0.4 is 5.73 Å². The average molecular weight is 164 g/mol. The van der Waals surface area contributed by atoms with Gasteiger partial charge in [0.15, 0.2) is 0 Å². The second-order valence-corrected chi connectivity index (χ2v) is 3.16. The number of nitrogens with two attached hydrogens (primary N) is 1. The predicted octanol–water partition coefficient (Wildman–Crippen LogP) is 0.531. The fourth-order valence-corrected chi connectivity index (χ4v) is 1.53. The van der Waals surface area contributed by atoms with E-state index in [2.05, 4.69) is 16.2 Å². The number of hydrogen-bond donors (Lipinski definition) is 1. The summed E-state index contributed by atoms with van der Waals surface area (Å²) in [6.07, 6.45) is 7.59. The molecule has 0 radical (unpaired) electrons. The third kappa shape index (κ3) is 1.47. The summed E-state index contributed by atoms with van der Waals surface area (Å²) in [4.78, 5) is 3.88. The van der Waals surface area contributed by atoms with E-state index >= 15 is 0 Å². The van der Waals surface area contributed by atoms with E-state index in [9.17, 15) is 0 Å². The fourth-order valence-electron chi connectivity index (χ4n) is 1.53. The van der Waals surface area contributed by atoms with Gasteiger partial charge in [0.2, 0.25) is 0 Å². The molecule has 0 aromatic carbocycles. The first kappa shape index (κ1) is 7.34. The van der Waals surface area contributed by atoms with Crippen LogP contribution in [0.5, 0.6) is 0 Å². The van der Waals surface area contributed by atoms with E-state index in [0.29, 0.717) is 5.92 Å². The Morgan fingerprint density at radius 2 is 2.58 bits per heavy atom. The van der Waals surface area contributed by atoms with E-state index in [1.54, 1.807) is 12.7 Å². The Hall–Kier alpha value is -1.32. The van der Waals surface area contributed by atoms with Gasteiger partial charge in [-0.15, -0.1) is 0 Å². The molecule has 1 atom stereocenters. The normalized spacial score (nSPS) is 22.7. The third-order valence-electron chi connectivity index (χ3n) is 2.14. The number of nitrogens with zero attached hydrogens (tertiary/aromatic N) is 3. The lowest BCUT2D eigenvalue weighted by molar-refractivity contribution is 0.482. The van der Waals surface area contributed by atoms with Crippen LogP contribution in [0.2, 0.25) is 0 Å². The van der Waals surface area contributed by atoms with Crippen molar-refractivity contribution in [1.29, 1.82) is 0 Å². The van der Waals surface area contributed by atoms with Crippen LogP contribution in [0.3, 0.4) is 0 Å². The zero-order valence-corrected chi connectivity index (χ0v) is 6.85. The number of rotatable bonds is 2. The highest BCUT2D eigenvalue weighted by molar-refractivity contribution is 5.06. The number of aromatic nitrogens is 3. The molecule has 0 amide bonds. The maximum atomic E-state index is 5.67. The largest absolute Gasteiger partial charge is 0.402 e. The van der Waals surface area contributed by atoms with Crippen LogP contribution in [0.4, 0.5) is 0 Å². The molecule has 0 saturated heterocycles. The Morgan fingerprint density at radius 3 is 3.17 bits per heavy atom. The molecule has 1 aromatic rings. The van der Waals surface area contributed by atoms with Gasteiger partial charge in [-0.05, 0) is 18.8 Å². The Bertz CT molecular complexity index is 275. The summed E-state index contributed by atoms with van der Waals surface area (Å²) >= 11 is 0. The summed E-state index contributed by atoms with van der Waals surface area (Å²) < 4.78 is 1.85. The molecule has 12 heavy (non-hydrogen) atoms. The summed E-state index contributed by atoms with van der Waals surface area (Å²) in [5, 5.41) is 4.04. The molecule has 64 valence electrons. The molecule has 1 heterocycles. The van der Waals surface area contributed by atoms with E-state index in [1.165, 1.54) is 0 Å². The Morgan fingerprint density at radius 1 is 1.67 bits per heavy atom. The Kier molecular flexibility index (Phi) is 1.81. The molecule has 2 N–H and O–H groups in total. The molecule has 4 nitrogen and oxygen atoms in total. The zero-order valence-electron chi connectivity index (χ0n) is 6.85. The van der Waals surface area contributed by atoms with Crippen molar-refractivity contribution >= 4 is 0 Å². The van der Waals surface area contributed by atoms with Gasteiger partial charge in [0.1, 0.15) is 12.7 Å². The maximum Gasteiger partial charge on any atom is 0.137 e. The predicted molar refractivity (Wildman–Crippen MR) is 45.0 cm³/mol.